The zero-order chi connectivity index (χ0) is 18.4. The first-order chi connectivity index (χ1) is 12.7. The smallest absolute Gasteiger partial charge is 0.257 e. The zero-order valence-corrected chi connectivity index (χ0v) is 15.5. The first-order valence-corrected chi connectivity index (χ1v) is 9.51. The Morgan fingerprint density at radius 3 is 2.77 bits per heavy atom. The van der Waals surface area contributed by atoms with E-state index in [1.54, 1.807) is 13.2 Å². The topological polar surface area (TPSA) is 75.0 Å². The molecule has 0 saturated carbocycles. The number of ether oxygens (including phenoxy) is 1. The minimum Gasteiger partial charge on any atom is -0.472 e. The molecule has 1 N–H and O–H groups in total. The molecule has 7 nitrogen and oxygen atoms in total. The van der Waals surface area contributed by atoms with Gasteiger partial charge in [-0.1, -0.05) is 0 Å². The molecule has 1 atom stereocenters. The highest BCUT2D eigenvalue weighted by Crippen LogP contribution is 2.24. The van der Waals surface area contributed by atoms with E-state index in [1.807, 2.05) is 4.90 Å². The van der Waals surface area contributed by atoms with Gasteiger partial charge in [0.25, 0.3) is 5.91 Å². The highest BCUT2D eigenvalue weighted by Gasteiger charge is 2.32. The third-order valence-corrected chi connectivity index (χ3v) is 5.47. The number of nitrogens with one attached hydrogen (secondary N) is 1. The molecule has 0 aromatic carbocycles. The van der Waals surface area contributed by atoms with Crippen molar-refractivity contribution in [2.75, 3.05) is 46.4 Å². The standard InChI is InChI=1S/C19H29N3O4/c1-25-12-7-20-18(23)15-3-2-8-22(13-15)17-4-9-21(10-5-17)19(24)16-6-11-26-14-16/h6,11,14-15,17H,2-5,7-10,12-13H2,1H3,(H,20,23)/t15-/m0/s1. The van der Waals surface area contributed by atoms with E-state index >= 15 is 0 Å². The van der Waals surface area contributed by atoms with E-state index in [0.29, 0.717) is 24.8 Å². The summed E-state index contributed by atoms with van der Waals surface area (Å²) in [5.74, 6) is 0.247. The summed E-state index contributed by atoms with van der Waals surface area (Å²) in [7, 11) is 1.64. The molecule has 0 bridgehead atoms. The molecule has 3 heterocycles. The van der Waals surface area contributed by atoms with Gasteiger partial charge in [0.2, 0.25) is 5.91 Å². The predicted molar refractivity (Wildman–Crippen MR) is 96.8 cm³/mol. The van der Waals surface area contributed by atoms with Crippen LogP contribution in [0.15, 0.2) is 23.0 Å². The molecule has 7 heteroatoms. The van der Waals surface area contributed by atoms with Crippen molar-refractivity contribution < 1.29 is 18.7 Å². The van der Waals surface area contributed by atoms with Crippen molar-refractivity contribution in [3.8, 4) is 0 Å². The molecule has 144 valence electrons. The van der Waals surface area contributed by atoms with Crippen LogP contribution in [0.5, 0.6) is 0 Å². The molecule has 2 aliphatic heterocycles. The van der Waals surface area contributed by atoms with Crippen LogP contribution in [-0.4, -0.2) is 74.1 Å². The van der Waals surface area contributed by atoms with Crippen LogP contribution in [-0.2, 0) is 9.53 Å². The molecule has 2 aliphatic rings. The normalized spacial score (nSPS) is 22.3. The van der Waals surface area contributed by atoms with Gasteiger partial charge in [0.1, 0.15) is 6.26 Å². The summed E-state index contributed by atoms with van der Waals surface area (Å²) in [4.78, 5) is 29.1. The summed E-state index contributed by atoms with van der Waals surface area (Å²) in [6, 6.07) is 2.17. The fourth-order valence-corrected chi connectivity index (χ4v) is 3.98. The number of carbonyl (C=O) groups excluding carboxylic acids is 2. The number of carbonyl (C=O) groups is 2. The van der Waals surface area contributed by atoms with Crippen LogP contribution in [0.3, 0.4) is 0 Å². The molecule has 0 aliphatic carbocycles. The Morgan fingerprint density at radius 2 is 2.08 bits per heavy atom. The fourth-order valence-electron chi connectivity index (χ4n) is 3.98. The van der Waals surface area contributed by atoms with Gasteiger partial charge in [0, 0.05) is 39.3 Å². The molecule has 1 aromatic rings. The molecule has 3 rings (SSSR count). The van der Waals surface area contributed by atoms with Gasteiger partial charge in [-0.3, -0.25) is 14.5 Å². The number of rotatable bonds is 6. The van der Waals surface area contributed by atoms with Gasteiger partial charge in [-0.05, 0) is 38.3 Å². The largest absolute Gasteiger partial charge is 0.472 e. The molecular weight excluding hydrogens is 334 g/mol. The third-order valence-electron chi connectivity index (χ3n) is 5.47. The van der Waals surface area contributed by atoms with E-state index in [2.05, 4.69) is 10.2 Å². The minimum atomic E-state index is 0.0474. The van der Waals surface area contributed by atoms with Crippen molar-refractivity contribution >= 4 is 11.8 Å². The second kappa shape index (κ2) is 9.19. The van der Waals surface area contributed by atoms with E-state index in [4.69, 9.17) is 9.15 Å². The van der Waals surface area contributed by atoms with Crippen LogP contribution in [0, 0.1) is 5.92 Å². The average molecular weight is 363 g/mol. The number of methoxy groups -OCH3 is 1. The molecule has 26 heavy (non-hydrogen) atoms. The van der Waals surface area contributed by atoms with Crippen molar-refractivity contribution in [3.63, 3.8) is 0 Å². The number of piperidine rings is 2. The van der Waals surface area contributed by atoms with Gasteiger partial charge < -0.3 is 19.4 Å². The summed E-state index contributed by atoms with van der Waals surface area (Å²) < 4.78 is 10.00. The van der Waals surface area contributed by atoms with E-state index < -0.39 is 0 Å². The van der Waals surface area contributed by atoms with Gasteiger partial charge in [0.15, 0.2) is 0 Å². The Bertz CT molecular complexity index is 582. The Kier molecular flexibility index (Phi) is 6.68. The van der Waals surface area contributed by atoms with Crippen molar-refractivity contribution in [3.05, 3.63) is 24.2 Å². The molecule has 0 radical (unpaired) electrons. The summed E-state index contributed by atoms with van der Waals surface area (Å²) in [5, 5.41) is 2.96. The monoisotopic (exact) mass is 363 g/mol. The maximum Gasteiger partial charge on any atom is 0.257 e. The molecule has 2 amide bonds. The number of likely N-dealkylation sites (tertiary alicyclic amines) is 2. The van der Waals surface area contributed by atoms with Gasteiger partial charge in [0.05, 0.1) is 24.4 Å². The van der Waals surface area contributed by atoms with Crippen molar-refractivity contribution in [2.24, 2.45) is 5.92 Å². The molecular formula is C19H29N3O4. The predicted octanol–water partition coefficient (Wildman–Crippen LogP) is 1.36. The molecule has 0 unspecified atom stereocenters. The summed E-state index contributed by atoms with van der Waals surface area (Å²) in [5.41, 5.74) is 0.620. The molecule has 0 spiro atoms. The lowest BCUT2D eigenvalue weighted by molar-refractivity contribution is -0.127. The van der Waals surface area contributed by atoms with Crippen LogP contribution in [0.1, 0.15) is 36.0 Å². The van der Waals surface area contributed by atoms with Gasteiger partial charge in [-0.25, -0.2) is 0 Å². The Hall–Kier alpha value is -1.86. The van der Waals surface area contributed by atoms with Crippen LogP contribution < -0.4 is 5.32 Å². The zero-order valence-electron chi connectivity index (χ0n) is 15.5. The first-order valence-electron chi connectivity index (χ1n) is 9.51. The second-order valence-electron chi connectivity index (χ2n) is 7.15. The minimum absolute atomic E-state index is 0.0474. The number of amides is 2. The van der Waals surface area contributed by atoms with Crippen LogP contribution in [0.2, 0.25) is 0 Å². The maximum atomic E-state index is 12.4. The SMILES string of the molecule is COCCNC(=O)[C@H]1CCCN(C2CCN(C(=O)c3ccoc3)CC2)C1. The lowest BCUT2D eigenvalue weighted by atomic mass is 9.93. The van der Waals surface area contributed by atoms with Gasteiger partial charge >= 0.3 is 0 Å². The third kappa shape index (κ3) is 4.65. The summed E-state index contributed by atoms with van der Waals surface area (Å²) in [6.45, 7) is 4.50. The maximum absolute atomic E-state index is 12.4. The Labute approximate surface area is 154 Å². The highest BCUT2D eigenvalue weighted by atomic mass is 16.5. The van der Waals surface area contributed by atoms with Crippen LogP contribution in [0.4, 0.5) is 0 Å². The fraction of sp³-hybridized carbons (Fsp3) is 0.684. The van der Waals surface area contributed by atoms with Crippen LogP contribution in [0.25, 0.3) is 0 Å². The summed E-state index contributed by atoms with van der Waals surface area (Å²) in [6.07, 6.45) is 6.96. The summed E-state index contributed by atoms with van der Waals surface area (Å²) >= 11 is 0. The lowest BCUT2D eigenvalue weighted by Gasteiger charge is -2.42. The second-order valence-corrected chi connectivity index (χ2v) is 7.15. The number of furan rings is 1. The number of nitrogens with zero attached hydrogens (tertiary/aromatic N) is 2. The van der Waals surface area contributed by atoms with E-state index in [0.717, 1.165) is 51.9 Å². The van der Waals surface area contributed by atoms with Crippen LogP contribution >= 0.6 is 0 Å². The quantitative estimate of drug-likeness (QED) is 0.773. The van der Waals surface area contributed by atoms with E-state index in [9.17, 15) is 9.59 Å². The number of hydrogen-bond donors (Lipinski definition) is 1. The highest BCUT2D eigenvalue weighted by molar-refractivity contribution is 5.93. The van der Waals surface area contributed by atoms with E-state index in [1.165, 1.54) is 12.5 Å². The molecule has 2 fully saturated rings. The molecule has 1 aromatic heterocycles. The van der Waals surface area contributed by atoms with Crippen molar-refractivity contribution in [2.45, 2.75) is 31.7 Å². The van der Waals surface area contributed by atoms with Gasteiger partial charge in [-0.15, -0.1) is 0 Å². The lowest BCUT2D eigenvalue weighted by Crippen LogP contribution is -2.51. The van der Waals surface area contributed by atoms with Crippen molar-refractivity contribution in [1.82, 2.24) is 15.1 Å². The Morgan fingerprint density at radius 1 is 1.27 bits per heavy atom. The molecule has 2 saturated heterocycles. The first kappa shape index (κ1) is 18.9. The Balaban J connectivity index is 1.46. The van der Waals surface area contributed by atoms with Crippen molar-refractivity contribution in [1.29, 1.82) is 0 Å². The van der Waals surface area contributed by atoms with Gasteiger partial charge in [-0.2, -0.15) is 0 Å². The van der Waals surface area contributed by atoms with E-state index in [-0.39, 0.29) is 17.7 Å². The average Bonchev–Trinajstić information content (AvgIpc) is 3.22. The number of hydrogen-bond acceptors (Lipinski definition) is 5.